The quantitative estimate of drug-likeness (QED) is 0.633. The zero-order valence-corrected chi connectivity index (χ0v) is 13.0. The minimum Gasteiger partial charge on any atom is -0.465 e. The molecule has 0 aliphatic carbocycles. The van der Waals surface area contributed by atoms with E-state index in [0.717, 1.165) is 18.5 Å². The topological polar surface area (TPSA) is 64.3 Å². The van der Waals surface area contributed by atoms with Crippen LogP contribution in [0.4, 0.5) is 11.4 Å². The lowest BCUT2D eigenvalue weighted by molar-refractivity contribution is 0.0602. The fourth-order valence-electron chi connectivity index (χ4n) is 2.33. The second kappa shape index (κ2) is 7.50. The summed E-state index contributed by atoms with van der Waals surface area (Å²) < 4.78 is 4.81. The summed E-state index contributed by atoms with van der Waals surface area (Å²) in [5, 5.41) is 3.37. The Morgan fingerprint density at radius 3 is 2.64 bits per heavy atom. The van der Waals surface area contributed by atoms with Gasteiger partial charge < -0.3 is 15.8 Å². The molecular formula is C18H22N2O2. The Labute approximate surface area is 131 Å². The SMILES string of the molecule is COC(=O)c1cc(N)ccc1N[C@@H](C)CCc1ccccc1. The largest absolute Gasteiger partial charge is 0.465 e. The minimum absolute atomic E-state index is 0.229. The number of benzene rings is 2. The van der Waals surface area contributed by atoms with E-state index in [1.165, 1.54) is 12.7 Å². The van der Waals surface area contributed by atoms with Gasteiger partial charge in [-0.2, -0.15) is 0 Å². The summed E-state index contributed by atoms with van der Waals surface area (Å²) in [6.07, 6.45) is 1.95. The van der Waals surface area contributed by atoms with E-state index in [1.54, 1.807) is 12.1 Å². The van der Waals surface area contributed by atoms with E-state index in [9.17, 15) is 4.79 Å². The van der Waals surface area contributed by atoms with Gasteiger partial charge in [0.2, 0.25) is 0 Å². The third kappa shape index (κ3) is 4.25. The number of ether oxygens (including phenoxy) is 1. The van der Waals surface area contributed by atoms with E-state index in [-0.39, 0.29) is 12.0 Å². The molecule has 2 aromatic rings. The first kappa shape index (κ1) is 15.9. The highest BCUT2D eigenvalue weighted by Crippen LogP contribution is 2.21. The molecule has 0 saturated heterocycles. The third-order valence-electron chi connectivity index (χ3n) is 3.56. The number of aryl methyl sites for hydroxylation is 1. The highest BCUT2D eigenvalue weighted by Gasteiger charge is 2.14. The van der Waals surface area contributed by atoms with E-state index >= 15 is 0 Å². The fourth-order valence-corrected chi connectivity index (χ4v) is 2.33. The molecule has 1 atom stereocenters. The number of methoxy groups -OCH3 is 1. The molecule has 0 unspecified atom stereocenters. The van der Waals surface area contributed by atoms with Gasteiger partial charge in [0, 0.05) is 17.4 Å². The molecule has 4 nitrogen and oxygen atoms in total. The summed E-state index contributed by atoms with van der Waals surface area (Å²) in [6.45, 7) is 2.10. The van der Waals surface area contributed by atoms with Crippen LogP contribution >= 0.6 is 0 Å². The molecule has 0 aliphatic rings. The van der Waals surface area contributed by atoms with Crippen LogP contribution in [0.2, 0.25) is 0 Å². The van der Waals surface area contributed by atoms with Crippen LogP contribution in [0.1, 0.15) is 29.3 Å². The van der Waals surface area contributed by atoms with Crippen LogP contribution in [0.15, 0.2) is 48.5 Å². The van der Waals surface area contributed by atoms with Gasteiger partial charge in [-0.3, -0.25) is 0 Å². The van der Waals surface area contributed by atoms with E-state index < -0.39 is 0 Å². The van der Waals surface area contributed by atoms with Crippen LogP contribution in [-0.4, -0.2) is 19.1 Å². The molecule has 0 bridgehead atoms. The van der Waals surface area contributed by atoms with Crippen molar-refractivity contribution in [2.24, 2.45) is 0 Å². The Balaban J connectivity index is 2.02. The smallest absolute Gasteiger partial charge is 0.340 e. The van der Waals surface area contributed by atoms with E-state index in [4.69, 9.17) is 10.5 Å². The average Bonchev–Trinajstić information content (AvgIpc) is 2.55. The van der Waals surface area contributed by atoms with Gasteiger partial charge in [0.15, 0.2) is 0 Å². The lowest BCUT2D eigenvalue weighted by atomic mass is 10.1. The molecule has 0 fully saturated rings. The molecule has 22 heavy (non-hydrogen) atoms. The second-order valence-corrected chi connectivity index (χ2v) is 5.37. The van der Waals surface area contributed by atoms with Crippen LogP contribution in [0.3, 0.4) is 0 Å². The van der Waals surface area contributed by atoms with Crippen molar-refractivity contribution >= 4 is 17.3 Å². The number of nitrogen functional groups attached to an aromatic ring is 1. The van der Waals surface area contributed by atoms with Crippen molar-refractivity contribution in [1.82, 2.24) is 0 Å². The molecule has 0 amide bonds. The number of nitrogens with two attached hydrogens (primary N) is 1. The van der Waals surface area contributed by atoms with Gasteiger partial charge >= 0.3 is 5.97 Å². The Hall–Kier alpha value is -2.49. The summed E-state index contributed by atoms with van der Waals surface area (Å²) in [5.41, 5.74) is 8.82. The molecule has 0 saturated carbocycles. The van der Waals surface area contributed by atoms with Crippen molar-refractivity contribution in [3.8, 4) is 0 Å². The molecule has 0 aliphatic heterocycles. The predicted octanol–water partition coefficient (Wildman–Crippen LogP) is 3.49. The summed E-state index contributed by atoms with van der Waals surface area (Å²) >= 11 is 0. The van der Waals surface area contributed by atoms with Crippen LogP contribution in [0.25, 0.3) is 0 Å². The Morgan fingerprint density at radius 1 is 1.23 bits per heavy atom. The summed E-state index contributed by atoms with van der Waals surface area (Å²) in [7, 11) is 1.37. The molecule has 4 heteroatoms. The fraction of sp³-hybridized carbons (Fsp3) is 0.278. The van der Waals surface area contributed by atoms with Gasteiger partial charge in [-0.1, -0.05) is 30.3 Å². The average molecular weight is 298 g/mol. The van der Waals surface area contributed by atoms with E-state index in [2.05, 4.69) is 24.4 Å². The normalized spacial score (nSPS) is 11.7. The summed E-state index contributed by atoms with van der Waals surface area (Å²) in [6, 6.07) is 15.8. The van der Waals surface area contributed by atoms with Crippen molar-refractivity contribution < 1.29 is 9.53 Å². The van der Waals surface area contributed by atoms with Gasteiger partial charge in [-0.05, 0) is 43.5 Å². The lowest BCUT2D eigenvalue weighted by Gasteiger charge is -2.18. The van der Waals surface area contributed by atoms with Crippen molar-refractivity contribution in [2.45, 2.75) is 25.8 Å². The zero-order valence-electron chi connectivity index (χ0n) is 13.0. The van der Waals surface area contributed by atoms with Crippen LogP contribution < -0.4 is 11.1 Å². The number of carbonyl (C=O) groups excluding carboxylic acids is 1. The Morgan fingerprint density at radius 2 is 1.95 bits per heavy atom. The van der Waals surface area contributed by atoms with E-state index in [0.29, 0.717) is 11.3 Å². The highest BCUT2D eigenvalue weighted by atomic mass is 16.5. The maximum absolute atomic E-state index is 11.8. The monoisotopic (exact) mass is 298 g/mol. The molecule has 0 radical (unpaired) electrons. The first-order valence-electron chi connectivity index (χ1n) is 7.38. The number of rotatable bonds is 6. The number of hydrogen-bond acceptors (Lipinski definition) is 4. The molecule has 0 spiro atoms. The van der Waals surface area contributed by atoms with Gasteiger partial charge in [0.25, 0.3) is 0 Å². The lowest BCUT2D eigenvalue weighted by Crippen LogP contribution is -2.18. The maximum Gasteiger partial charge on any atom is 0.340 e. The first-order chi connectivity index (χ1) is 10.6. The zero-order chi connectivity index (χ0) is 15.9. The number of nitrogens with one attached hydrogen (secondary N) is 1. The highest BCUT2D eigenvalue weighted by molar-refractivity contribution is 5.96. The van der Waals surface area contributed by atoms with Crippen LogP contribution in [0.5, 0.6) is 0 Å². The van der Waals surface area contributed by atoms with Gasteiger partial charge in [-0.25, -0.2) is 4.79 Å². The first-order valence-corrected chi connectivity index (χ1v) is 7.38. The summed E-state index contributed by atoms with van der Waals surface area (Å²) in [5.74, 6) is -0.384. The number of carbonyl (C=O) groups is 1. The van der Waals surface area contributed by atoms with Crippen molar-refractivity contribution in [3.63, 3.8) is 0 Å². The van der Waals surface area contributed by atoms with Crippen molar-refractivity contribution in [3.05, 3.63) is 59.7 Å². The molecule has 3 N–H and O–H groups in total. The number of hydrogen-bond donors (Lipinski definition) is 2. The Kier molecular flexibility index (Phi) is 5.42. The van der Waals surface area contributed by atoms with Gasteiger partial charge in [0.05, 0.1) is 12.7 Å². The third-order valence-corrected chi connectivity index (χ3v) is 3.56. The standard InChI is InChI=1S/C18H22N2O2/c1-13(8-9-14-6-4-3-5-7-14)20-17-11-10-15(19)12-16(17)18(21)22-2/h3-7,10-13,20H,8-9,19H2,1-2H3/t13-/m0/s1. The van der Waals surface area contributed by atoms with Gasteiger partial charge in [-0.15, -0.1) is 0 Å². The Bertz CT molecular complexity index is 626. The van der Waals surface area contributed by atoms with Gasteiger partial charge in [0.1, 0.15) is 0 Å². The van der Waals surface area contributed by atoms with Crippen LogP contribution in [0, 0.1) is 0 Å². The van der Waals surface area contributed by atoms with Crippen molar-refractivity contribution in [2.75, 3.05) is 18.2 Å². The molecule has 0 aromatic heterocycles. The van der Waals surface area contributed by atoms with Crippen LogP contribution in [-0.2, 0) is 11.2 Å². The maximum atomic E-state index is 11.8. The number of esters is 1. The molecule has 116 valence electrons. The molecule has 2 aromatic carbocycles. The predicted molar refractivity (Wildman–Crippen MR) is 90.0 cm³/mol. The number of anilines is 2. The molecular weight excluding hydrogens is 276 g/mol. The van der Waals surface area contributed by atoms with Crippen molar-refractivity contribution in [1.29, 1.82) is 0 Å². The summed E-state index contributed by atoms with van der Waals surface area (Å²) in [4.78, 5) is 11.8. The van der Waals surface area contributed by atoms with E-state index in [1.807, 2.05) is 24.3 Å². The minimum atomic E-state index is -0.384. The molecule has 2 rings (SSSR count). The molecule has 0 heterocycles. The second-order valence-electron chi connectivity index (χ2n) is 5.37.